The zero-order valence-electron chi connectivity index (χ0n) is 17.5. The normalized spacial score (nSPS) is 16.6. The van der Waals surface area contributed by atoms with Crippen LogP contribution in [0.5, 0.6) is 5.75 Å². The minimum absolute atomic E-state index is 0.0320. The number of nitrogens with one attached hydrogen (secondary N) is 2. The molecule has 0 aromatic heterocycles. The molecule has 158 valence electrons. The molecule has 0 aliphatic carbocycles. The molecule has 7 nitrogen and oxygen atoms in total. The molecule has 2 aliphatic heterocycles. The maximum absolute atomic E-state index is 12.4. The van der Waals surface area contributed by atoms with Crippen molar-refractivity contribution in [3.8, 4) is 5.75 Å². The highest BCUT2D eigenvalue weighted by Gasteiger charge is 2.17. The first-order valence-electron chi connectivity index (χ1n) is 10.4. The van der Waals surface area contributed by atoms with Gasteiger partial charge in [-0.25, -0.2) is 0 Å². The zero-order valence-corrected chi connectivity index (χ0v) is 17.5. The molecule has 2 aliphatic rings. The molecule has 0 radical (unpaired) electrons. The number of likely N-dealkylation sites (N-methyl/N-ethyl adjacent to an activating group) is 1. The summed E-state index contributed by atoms with van der Waals surface area (Å²) < 4.78 is 5.66. The van der Waals surface area contributed by atoms with E-state index in [2.05, 4.69) is 39.6 Å². The lowest BCUT2D eigenvalue weighted by Gasteiger charge is -2.34. The van der Waals surface area contributed by atoms with Crippen LogP contribution in [-0.4, -0.2) is 56.5 Å². The largest absolute Gasteiger partial charge is 0.484 e. The molecule has 2 aromatic carbocycles. The molecule has 2 aromatic rings. The van der Waals surface area contributed by atoms with Gasteiger partial charge in [-0.15, -0.1) is 0 Å². The standard InChI is InChI=1S/C23H28N4O3/c1-16-13-18(27-11-9-26(2)10-12-27)4-6-20(16)24-23(29)15-30-19-5-7-21-17(14-19)3-8-22(28)25-21/h4-7,13-14H,3,8-12,15H2,1-2H3,(H,24,29)(H,25,28). The summed E-state index contributed by atoms with van der Waals surface area (Å²) in [5, 5.41) is 5.78. The number of rotatable bonds is 5. The van der Waals surface area contributed by atoms with E-state index in [4.69, 9.17) is 4.74 Å². The highest BCUT2D eigenvalue weighted by molar-refractivity contribution is 5.94. The predicted octanol–water partition coefficient (Wildman–Crippen LogP) is 2.65. The van der Waals surface area contributed by atoms with Crippen molar-refractivity contribution in [3.63, 3.8) is 0 Å². The Morgan fingerprint density at radius 1 is 1.10 bits per heavy atom. The smallest absolute Gasteiger partial charge is 0.262 e. The Labute approximate surface area is 177 Å². The van der Waals surface area contributed by atoms with E-state index in [1.807, 2.05) is 25.1 Å². The number of benzene rings is 2. The van der Waals surface area contributed by atoms with Gasteiger partial charge in [0, 0.05) is 49.7 Å². The van der Waals surface area contributed by atoms with Crippen LogP contribution >= 0.6 is 0 Å². The number of hydrogen-bond acceptors (Lipinski definition) is 5. The number of nitrogens with zero attached hydrogens (tertiary/aromatic N) is 2. The van der Waals surface area contributed by atoms with Gasteiger partial charge in [-0.3, -0.25) is 9.59 Å². The van der Waals surface area contributed by atoms with Gasteiger partial charge in [-0.05, 0) is 67.9 Å². The van der Waals surface area contributed by atoms with Crippen molar-refractivity contribution in [1.82, 2.24) is 4.90 Å². The summed E-state index contributed by atoms with van der Waals surface area (Å²) in [6.07, 6.45) is 1.16. The molecule has 7 heteroatoms. The van der Waals surface area contributed by atoms with Gasteiger partial charge in [0.15, 0.2) is 6.61 Å². The highest BCUT2D eigenvalue weighted by Crippen LogP contribution is 2.27. The lowest BCUT2D eigenvalue weighted by molar-refractivity contribution is -0.118. The molecule has 0 atom stereocenters. The van der Waals surface area contributed by atoms with Gasteiger partial charge >= 0.3 is 0 Å². The highest BCUT2D eigenvalue weighted by atomic mass is 16.5. The van der Waals surface area contributed by atoms with Gasteiger partial charge in [0.1, 0.15) is 5.75 Å². The van der Waals surface area contributed by atoms with Crippen LogP contribution in [0, 0.1) is 6.92 Å². The van der Waals surface area contributed by atoms with Crippen molar-refractivity contribution >= 4 is 28.9 Å². The van der Waals surface area contributed by atoms with Gasteiger partial charge in [0.25, 0.3) is 5.91 Å². The monoisotopic (exact) mass is 408 g/mol. The Bertz CT molecular complexity index is 951. The minimum atomic E-state index is -0.198. The molecule has 0 unspecified atom stereocenters. The second-order valence-electron chi connectivity index (χ2n) is 7.99. The Hall–Kier alpha value is -3.06. The van der Waals surface area contributed by atoms with Crippen molar-refractivity contribution < 1.29 is 14.3 Å². The summed E-state index contributed by atoms with van der Waals surface area (Å²) in [4.78, 5) is 28.5. The molecule has 2 heterocycles. The number of ether oxygens (including phenoxy) is 1. The number of carbonyl (C=O) groups excluding carboxylic acids is 2. The zero-order chi connectivity index (χ0) is 21.1. The first-order chi connectivity index (χ1) is 14.5. The fourth-order valence-electron chi connectivity index (χ4n) is 3.83. The maximum atomic E-state index is 12.4. The van der Waals surface area contributed by atoms with Crippen LogP contribution in [0.1, 0.15) is 17.5 Å². The van der Waals surface area contributed by atoms with E-state index in [1.54, 1.807) is 6.07 Å². The maximum Gasteiger partial charge on any atom is 0.262 e. The predicted molar refractivity (Wildman–Crippen MR) is 118 cm³/mol. The van der Waals surface area contributed by atoms with Gasteiger partial charge in [-0.2, -0.15) is 0 Å². The second-order valence-corrected chi connectivity index (χ2v) is 7.99. The van der Waals surface area contributed by atoms with E-state index in [9.17, 15) is 9.59 Å². The van der Waals surface area contributed by atoms with Crippen LogP contribution < -0.4 is 20.3 Å². The summed E-state index contributed by atoms with van der Waals surface area (Å²) in [6, 6.07) is 11.6. The van der Waals surface area contributed by atoms with E-state index in [0.29, 0.717) is 18.6 Å². The number of amides is 2. The van der Waals surface area contributed by atoms with E-state index >= 15 is 0 Å². The topological polar surface area (TPSA) is 73.9 Å². The van der Waals surface area contributed by atoms with Gasteiger partial charge < -0.3 is 25.2 Å². The summed E-state index contributed by atoms with van der Waals surface area (Å²) in [6.45, 7) is 6.09. The Morgan fingerprint density at radius 2 is 1.90 bits per heavy atom. The first kappa shape index (κ1) is 20.2. The summed E-state index contributed by atoms with van der Waals surface area (Å²) in [5.41, 5.74) is 4.87. The fraction of sp³-hybridized carbons (Fsp3) is 0.391. The van der Waals surface area contributed by atoms with Crippen molar-refractivity contribution in [2.75, 3.05) is 55.4 Å². The second kappa shape index (κ2) is 8.75. The van der Waals surface area contributed by atoms with E-state index in [0.717, 1.165) is 48.7 Å². The van der Waals surface area contributed by atoms with Crippen LogP contribution in [-0.2, 0) is 16.0 Å². The summed E-state index contributed by atoms with van der Waals surface area (Å²) in [7, 11) is 2.14. The van der Waals surface area contributed by atoms with Crippen LogP contribution in [0.15, 0.2) is 36.4 Å². The lowest BCUT2D eigenvalue weighted by atomic mass is 10.0. The number of hydrogen-bond donors (Lipinski definition) is 2. The molecule has 1 saturated heterocycles. The number of anilines is 3. The third kappa shape index (κ3) is 4.74. The third-order valence-electron chi connectivity index (χ3n) is 5.69. The molecule has 2 N–H and O–H groups in total. The van der Waals surface area contributed by atoms with Gasteiger partial charge in [0.2, 0.25) is 5.91 Å². The molecule has 2 amide bonds. The molecule has 0 spiro atoms. The number of fused-ring (bicyclic) bond motifs is 1. The van der Waals surface area contributed by atoms with Crippen LogP contribution in [0.3, 0.4) is 0 Å². The first-order valence-corrected chi connectivity index (χ1v) is 10.4. The van der Waals surface area contributed by atoms with Gasteiger partial charge in [-0.1, -0.05) is 0 Å². The quantitative estimate of drug-likeness (QED) is 0.796. The molecule has 0 saturated carbocycles. The molecular weight excluding hydrogens is 380 g/mol. The van der Waals surface area contributed by atoms with Crippen molar-refractivity contribution in [2.24, 2.45) is 0 Å². The Balaban J connectivity index is 1.32. The fourth-order valence-corrected chi connectivity index (χ4v) is 3.83. The van der Waals surface area contributed by atoms with Crippen LogP contribution in [0.25, 0.3) is 0 Å². The summed E-state index contributed by atoms with van der Waals surface area (Å²) in [5.74, 6) is 0.461. The average Bonchev–Trinajstić information content (AvgIpc) is 2.74. The molecule has 0 bridgehead atoms. The van der Waals surface area contributed by atoms with Crippen molar-refractivity contribution in [2.45, 2.75) is 19.8 Å². The molecule has 1 fully saturated rings. The van der Waals surface area contributed by atoms with Crippen LogP contribution in [0.2, 0.25) is 0 Å². The lowest BCUT2D eigenvalue weighted by Crippen LogP contribution is -2.44. The van der Waals surface area contributed by atoms with E-state index in [1.165, 1.54) is 5.69 Å². The SMILES string of the molecule is Cc1cc(N2CCN(C)CC2)ccc1NC(=O)COc1ccc2c(c1)CCC(=O)N2. The molecule has 30 heavy (non-hydrogen) atoms. The Morgan fingerprint density at radius 3 is 2.67 bits per heavy atom. The molecular formula is C23H28N4O3. The number of piperazine rings is 1. The summed E-state index contributed by atoms with van der Waals surface area (Å²) >= 11 is 0. The van der Waals surface area contributed by atoms with E-state index in [-0.39, 0.29) is 18.4 Å². The van der Waals surface area contributed by atoms with Gasteiger partial charge in [0.05, 0.1) is 0 Å². The van der Waals surface area contributed by atoms with Crippen molar-refractivity contribution in [1.29, 1.82) is 0 Å². The number of aryl methyl sites for hydroxylation is 2. The van der Waals surface area contributed by atoms with Crippen LogP contribution in [0.4, 0.5) is 17.1 Å². The minimum Gasteiger partial charge on any atom is -0.484 e. The molecule has 4 rings (SSSR count). The number of carbonyl (C=O) groups is 2. The van der Waals surface area contributed by atoms with Crippen molar-refractivity contribution in [3.05, 3.63) is 47.5 Å². The average molecular weight is 409 g/mol. The Kier molecular flexibility index (Phi) is 5.90. The van der Waals surface area contributed by atoms with E-state index < -0.39 is 0 Å². The third-order valence-corrected chi connectivity index (χ3v) is 5.69.